The van der Waals surface area contributed by atoms with Crippen molar-refractivity contribution in [2.45, 2.75) is 39.2 Å². The molecule has 0 spiro atoms. The molecule has 0 aliphatic carbocycles. The second-order valence-electron chi connectivity index (χ2n) is 8.18. The van der Waals surface area contributed by atoms with Gasteiger partial charge in [-0.1, -0.05) is 31.2 Å². The Kier molecular flexibility index (Phi) is 7.07. The molecule has 0 saturated heterocycles. The first kappa shape index (κ1) is 21.8. The lowest BCUT2D eigenvalue weighted by atomic mass is 10.0. The van der Waals surface area contributed by atoms with Crippen LogP contribution in [0.2, 0.25) is 0 Å². The Morgan fingerprint density at radius 1 is 1.13 bits per heavy atom. The predicted molar refractivity (Wildman–Crippen MR) is 113 cm³/mol. The van der Waals surface area contributed by atoms with Crippen LogP contribution in [0.15, 0.2) is 30.5 Å². The van der Waals surface area contributed by atoms with E-state index in [0.29, 0.717) is 36.7 Å². The molecule has 1 atom stereocenters. The summed E-state index contributed by atoms with van der Waals surface area (Å²) in [6, 6.07) is 7.15. The van der Waals surface area contributed by atoms with Gasteiger partial charge in [0.15, 0.2) is 5.69 Å². The lowest BCUT2D eigenvalue weighted by molar-refractivity contribution is 0.0522. The number of nitrogens with zero attached hydrogens (tertiary/aromatic N) is 5. The second-order valence-corrected chi connectivity index (χ2v) is 8.18. The first-order valence-electron chi connectivity index (χ1n) is 10.5. The van der Waals surface area contributed by atoms with Crippen LogP contribution in [0.25, 0.3) is 0 Å². The van der Waals surface area contributed by atoms with Crippen molar-refractivity contribution >= 4 is 11.8 Å². The first-order chi connectivity index (χ1) is 14.4. The summed E-state index contributed by atoms with van der Waals surface area (Å²) < 4.78 is 7.67. The largest absolute Gasteiger partial charge is 0.491 e. The van der Waals surface area contributed by atoms with E-state index in [1.165, 1.54) is 4.68 Å². The normalized spacial score (nSPS) is 18.8. The van der Waals surface area contributed by atoms with E-state index < -0.39 is 0 Å². The number of hydrogen-bond donors (Lipinski definition) is 0. The van der Waals surface area contributed by atoms with Gasteiger partial charge in [0.05, 0.1) is 17.8 Å². The SMILES string of the molecule is CC(C)[C@H]1COc2ccccc2C(=O)N(C)CCCCCN1C(=O)c1cn(C)nn1. The van der Waals surface area contributed by atoms with Crippen LogP contribution < -0.4 is 4.74 Å². The molecular formula is C22H31N5O3. The summed E-state index contributed by atoms with van der Waals surface area (Å²) in [4.78, 5) is 29.7. The lowest BCUT2D eigenvalue weighted by Gasteiger charge is -2.34. The van der Waals surface area contributed by atoms with Gasteiger partial charge < -0.3 is 14.5 Å². The molecule has 1 aromatic carbocycles. The van der Waals surface area contributed by atoms with Gasteiger partial charge in [0, 0.05) is 27.2 Å². The van der Waals surface area contributed by atoms with Crippen molar-refractivity contribution < 1.29 is 14.3 Å². The molecule has 30 heavy (non-hydrogen) atoms. The van der Waals surface area contributed by atoms with Gasteiger partial charge in [0.1, 0.15) is 12.4 Å². The number of carbonyl (C=O) groups is 2. The highest BCUT2D eigenvalue weighted by Crippen LogP contribution is 2.23. The summed E-state index contributed by atoms with van der Waals surface area (Å²) >= 11 is 0. The molecule has 1 aliphatic heterocycles. The summed E-state index contributed by atoms with van der Waals surface area (Å²) in [7, 11) is 3.57. The Morgan fingerprint density at radius 2 is 1.87 bits per heavy atom. The fourth-order valence-electron chi connectivity index (χ4n) is 3.71. The van der Waals surface area contributed by atoms with Crippen LogP contribution in [-0.4, -0.2) is 69.4 Å². The van der Waals surface area contributed by atoms with E-state index in [2.05, 4.69) is 24.2 Å². The standard InChI is InChI=1S/C22H31N5O3/c1-16(2)19-15-30-20-11-7-6-10-17(20)21(28)25(3)12-8-5-9-13-27(19)22(29)18-14-26(4)24-23-18/h6-7,10-11,14,16,19H,5,8-9,12-13,15H2,1-4H3/t19-/m1/s1. The summed E-state index contributed by atoms with van der Waals surface area (Å²) in [5.74, 6) is 0.535. The number of benzene rings is 1. The molecule has 2 heterocycles. The van der Waals surface area contributed by atoms with E-state index in [0.717, 1.165) is 19.3 Å². The zero-order chi connectivity index (χ0) is 21.7. The van der Waals surface area contributed by atoms with Gasteiger partial charge in [-0.2, -0.15) is 0 Å². The minimum Gasteiger partial charge on any atom is -0.491 e. The van der Waals surface area contributed by atoms with E-state index in [-0.39, 0.29) is 23.8 Å². The molecule has 0 radical (unpaired) electrons. The monoisotopic (exact) mass is 413 g/mol. The zero-order valence-electron chi connectivity index (χ0n) is 18.2. The summed E-state index contributed by atoms with van der Waals surface area (Å²) in [5.41, 5.74) is 0.885. The molecule has 1 aromatic heterocycles. The summed E-state index contributed by atoms with van der Waals surface area (Å²) in [6.45, 7) is 5.74. The molecule has 0 N–H and O–H groups in total. The van der Waals surface area contributed by atoms with E-state index >= 15 is 0 Å². The van der Waals surface area contributed by atoms with Gasteiger partial charge >= 0.3 is 0 Å². The van der Waals surface area contributed by atoms with E-state index in [4.69, 9.17) is 4.74 Å². The Bertz CT molecular complexity index is 879. The summed E-state index contributed by atoms with van der Waals surface area (Å²) in [6.07, 6.45) is 4.30. The number of fused-ring (bicyclic) bond motifs is 1. The first-order valence-corrected chi connectivity index (χ1v) is 10.5. The van der Waals surface area contributed by atoms with E-state index in [1.807, 2.05) is 30.1 Å². The molecule has 8 heteroatoms. The van der Waals surface area contributed by atoms with Crippen LogP contribution in [-0.2, 0) is 7.05 Å². The van der Waals surface area contributed by atoms with E-state index in [1.54, 1.807) is 24.2 Å². The smallest absolute Gasteiger partial charge is 0.276 e. The van der Waals surface area contributed by atoms with Gasteiger partial charge in [-0.15, -0.1) is 5.10 Å². The molecular weight excluding hydrogens is 382 g/mol. The van der Waals surface area contributed by atoms with Crippen LogP contribution >= 0.6 is 0 Å². The number of aromatic nitrogens is 3. The topological polar surface area (TPSA) is 80.6 Å². The third-order valence-electron chi connectivity index (χ3n) is 5.52. The molecule has 0 bridgehead atoms. The Hall–Kier alpha value is -2.90. The minimum atomic E-state index is -0.152. The van der Waals surface area contributed by atoms with Crippen LogP contribution in [0.3, 0.4) is 0 Å². The molecule has 1 aliphatic rings. The number of para-hydroxylation sites is 1. The fourth-order valence-corrected chi connectivity index (χ4v) is 3.71. The van der Waals surface area contributed by atoms with Crippen LogP contribution in [0.1, 0.15) is 54.0 Å². The Balaban J connectivity index is 1.92. The van der Waals surface area contributed by atoms with Crippen LogP contribution in [0.4, 0.5) is 0 Å². The molecule has 162 valence electrons. The summed E-state index contributed by atoms with van der Waals surface area (Å²) in [5, 5.41) is 7.92. The number of amides is 2. The van der Waals surface area contributed by atoms with Gasteiger partial charge in [-0.25, -0.2) is 0 Å². The van der Waals surface area contributed by atoms with Crippen LogP contribution in [0, 0.1) is 5.92 Å². The maximum Gasteiger partial charge on any atom is 0.276 e. The van der Waals surface area contributed by atoms with Crippen molar-refractivity contribution in [3.8, 4) is 5.75 Å². The van der Waals surface area contributed by atoms with Gasteiger partial charge in [0.25, 0.3) is 11.8 Å². The van der Waals surface area contributed by atoms with Crippen molar-refractivity contribution in [2.75, 3.05) is 26.7 Å². The molecule has 8 nitrogen and oxygen atoms in total. The second kappa shape index (κ2) is 9.73. The highest BCUT2D eigenvalue weighted by atomic mass is 16.5. The molecule has 3 rings (SSSR count). The van der Waals surface area contributed by atoms with Crippen molar-refractivity contribution in [1.29, 1.82) is 0 Å². The van der Waals surface area contributed by atoms with Gasteiger partial charge in [-0.05, 0) is 37.3 Å². The lowest BCUT2D eigenvalue weighted by Crippen LogP contribution is -2.47. The molecule has 0 fully saturated rings. The average Bonchev–Trinajstić information content (AvgIpc) is 3.17. The third kappa shape index (κ3) is 4.98. The molecule has 2 aromatic rings. The number of ether oxygens (including phenoxy) is 1. The van der Waals surface area contributed by atoms with Gasteiger partial charge in [0.2, 0.25) is 0 Å². The van der Waals surface area contributed by atoms with Crippen molar-refractivity contribution in [3.63, 3.8) is 0 Å². The number of carbonyl (C=O) groups excluding carboxylic acids is 2. The Morgan fingerprint density at radius 3 is 2.57 bits per heavy atom. The maximum atomic E-state index is 13.3. The minimum absolute atomic E-state index is 0.0431. The fraction of sp³-hybridized carbons (Fsp3) is 0.545. The van der Waals surface area contributed by atoms with Gasteiger partial charge in [-0.3, -0.25) is 14.3 Å². The quantitative estimate of drug-likeness (QED) is 0.756. The highest BCUT2D eigenvalue weighted by Gasteiger charge is 2.30. The molecule has 0 saturated carbocycles. The van der Waals surface area contributed by atoms with Crippen molar-refractivity contribution in [1.82, 2.24) is 24.8 Å². The maximum absolute atomic E-state index is 13.3. The highest BCUT2D eigenvalue weighted by molar-refractivity contribution is 5.96. The Labute approximate surface area is 177 Å². The third-order valence-corrected chi connectivity index (χ3v) is 5.52. The predicted octanol–water partition coefficient (Wildman–Crippen LogP) is 2.62. The van der Waals surface area contributed by atoms with Crippen molar-refractivity contribution in [2.24, 2.45) is 13.0 Å². The molecule has 2 amide bonds. The molecule has 0 unspecified atom stereocenters. The van der Waals surface area contributed by atoms with E-state index in [9.17, 15) is 9.59 Å². The number of aryl methyl sites for hydroxylation is 1. The number of hydrogen-bond acceptors (Lipinski definition) is 5. The van der Waals surface area contributed by atoms with Crippen molar-refractivity contribution in [3.05, 3.63) is 41.7 Å². The zero-order valence-corrected chi connectivity index (χ0v) is 18.2. The van der Waals surface area contributed by atoms with Crippen LogP contribution in [0.5, 0.6) is 5.75 Å². The average molecular weight is 414 g/mol. The number of rotatable bonds is 2.